The first-order valence-electron chi connectivity index (χ1n) is 4.08. The molecule has 1 fully saturated rings. The van der Waals surface area contributed by atoms with Gasteiger partial charge in [0.15, 0.2) is 0 Å². The SMILES string of the molecule is CCOC1CCC(F)CC1. The molecule has 0 aliphatic heterocycles. The summed E-state index contributed by atoms with van der Waals surface area (Å²) in [6, 6.07) is 0. The molecular weight excluding hydrogens is 131 g/mol. The molecule has 0 heterocycles. The molecule has 0 aromatic heterocycles. The van der Waals surface area contributed by atoms with Crippen LogP contribution in [0.5, 0.6) is 0 Å². The lowest BCUT2D eigenvalue weighted by Crippen LogP contribution is -2.21. The zero-order valence-corrected chi connectivity index (χ0v) is 6.48. The quantitative estimate of drug-likeness (QED) is 0.581. The van der Waals surface area contributed by atoms with Crippen molar-refractivity contribution in [1.29, 1.82) is 0 Å². The molecular formula is C8H15FO. The molecule has 0 aromatic rings. The van der Waals surface area contributed by atoms with Gasteiger partial charge in [0.25, 0.3) is 0 Å². The highest BCUT2D eigenvalue weighted by Gasteiger charge is 2.19. The van der Waals surface area contributed by atoms with E-state index in [-0.39, 0.29) is 0 Å². The van der Waals surface area contributed by atoms with Crippen molar-refractivity contribution in [2.45, 2.75) is 44.9 Å². The van der Waals surface area contributed by atoms with Gasteiger partial charge in [0, 0.05) is 6.61 Å². The molecule has 1 rings (SSSR count). The second-order valence-corrected chi connectivity index (χ2v) is 2.83. The first-order chi connectivity index (χ1) is 4.83. The Labute approximate surface area is 61.6 Å². The third-order valence-corrected chi connectivity index (χ3v) is 2.01. The summed E-state index contributed by atoms with van der Waals surface area (Å²) in [5.41, 5.74) is 0. The van der Waals surface area contributed by atoms with E-state index in [9.17, 15) is 4.39 Å². The molecule has 0 saturated heterocycles. The topological polar surface area (TPSA) is 9.23 Å². The fourth-order valence-electron chi connectivity index (χ4n) is 1.42. The molecule has 0 aromatic carbocycles. The number of alkyl halides is 1. The van der Waals surface area contributed by atoms with Crippen molar-refractivity contribution in [3.05, 3.63) is 0 Å². The largest absolute Gasteiger partial charge is 0.379 e. The molecule has 60 valence electrons. The lowest BCUT2D eigenvalue weighted by Gasteiger charge is -2.23. The van der Waals surface area contributed by atoms with Crippen molar-refractivity contribution in [2.24, 2.45) is 0 Å². The Morgan fingerprint density at radius 1 is 1.30 bits per heavy atom. The van der Waals surface area contributed by atoms with Crippen LogP contribution >= 0.6 is 0 Å². The number of hydrogen-bond acceptors (Lipinski definition) is 1. The second kappa shape index (κ2) is 3.91. The zero-order chi connectivity index (χ0) is 7.40. The summed E-state index contributed by atoms with van der Waals surface area (Å²) >= 11 is 0. The minimum Gasteiger partial charge on any atom is -0.379 e. The fraction of sp³-hybridized carbons (Fsp3) is 1.00. The van der Waals surface area contributed by atoms with Crippen LogP contribution < -0.4 is 0 Å². The van der Waals surface area contributed by atoms with Gasteiger partial charge in [-0.15, -0.1) is 0 Å². The maximum absolute atomic E-state index is 12.5. The number of rotatable bonds is 2. The monoisotopic (exact) mass is 146 g/mol. The Morgan fingerprint density at radius 3 is 2.40 bits per heavy atom. The third-order valence-electron chi connectivity index (χ3n) is 2.01. The molecule has 0 radical (unpaired) electrons. The van der Waals surface area contributed by atoms with Gasteiger partial charge in [0.1, 0.15) is 6.17 Å². The van der Waals surface area contributed by atoms with E-state index in [0.717, 1.165) is 19.4 Å². The van der Waals surface area contributed by atoms with E-state index < -0.39 is 6.17 Å². The standard InChI is InChI=1S/C8H15FO/c1-2-10-8-5-3-7(9)4-6-8/h7-8H,2-6H2,1H3. The van der Waals surface area contributed by atoms with Crippen LogP contribution in [0.4, 0.5) is 4.39 Å². The summed E-state index contributed by atoms with van der Waals surface area (Å²) in [5, 5.41) is 0. The van der Waals surface area contributed by atoms with Gasteiger partial charge < -0.3 is 4.74 Å². The van der Waals surface area contributed by atoms with E-state index in [0.29, 0.717) is 18.9 Å². The van der Waals surface area contributed by atoms with Crippen LogP contribution in [0.25, 0.3) is 0 Å². The Hall–Kier alpha value is -0.110. The van der Waals surface area contributed by atoms with Crippen molar-refractivity contribution in [2.75, 3.05) is 6.61 Å². The van der Waals surface area contributed by atoms with Gasteiger partial charge in [0.05, 0.1) is 6.10 Å². The summed E-state index contributed by atoms with van der Waals surface area (Å²) in [5.74, 6) is 0. The highest BCUT2D eigenvalue weighted by molar-refractivity contribution is 4.71. The van der Waals surface area contributed by atoms with Crippen molar-refractivity contribution >= 4 is 0 Å². The Kier molecular flexibility index (Phi) is 3.13. The van der Waals surface area contributed by atoms with E-state index in [1.807, 2.05) is 6.92 Å². The predicted octanol–water partition coefficient (Wildman–Crippen LogP) is 2.30. The second-order valence-electron chi connectivity index (χ2n) is 2.83. The summed E-state index contributed by atoms with van der Waals surface area (Å²) in [4.78, 5) is 0. The Morgan fingerprint density at radius 2 is 1.90 bits per heavy atom. The maximum atomic E-state index is 12.5. The van der Waals surface area contributed by atoms with Crippen LogP contribution in [0.2, 0.25) is 0 Å². The van der Waals surface area contributed by atoms with E-state index >= 15 is 0 Å². The summed E-state index contributed by atoms with van der Waals surface area (Å²) in [7, 11) is 0. The smallest absolute Gasteiger partial charge is 0.100 e. The number of halogens is 1. The predicted molar refractivity (Wildman–Crippen MR) is 38.8 cm³/mol. The van der Waals surface area contributed by atoms with Crippen LogP contribution in [-0.4, -0.2) is 18.9 Å². The molecule has 10 heavy (non-hydrogen) atoms. The van der Waals surface area contributed by atoms with Crippen molar-refractivity contribution in [3.8, 4) is 0 Å². The van der Waals surface area contributed by atoms with Gasteiger partial charge in [-0.2, -0.15) is 0 Å². The Bertz CT molecular complexity index is 87.3. The van der Waals surface area contributed by atoms with Crippen LogP contribution in [0.1, 0.15) is 32.6 Å². The first kappa shape index (κ1) is 7.99. The van der Waals surface area contributed by atoms with Crippen LogP contribution in [-0.2, 0) is 4.74 Å². The van der Waals surface area contributed by atoms with Gasteiger partial charge in [-0.25, -0.2) is 4.39 Å². The van der Waals surface area contributed by atoms with Crippen LogP contribution in [0.3, 0.4) is 0 Å². The Balaban J connectivity index is 2.13. The van der Waals surface area contributed by atoms with Crippen molar-refractivity contribution in [3.63, 3.8) is 0 Å². The molecule has 0 bridgehead atoms. The third kappa shape index (κ3) is 2.25. The molecule has 1 aliphatic carbocycles. The molecule has 1 nitrogen and oxygen atoms in total. The van der Waals surface area contributed by atoms with E-state index in [4.69, 9.17) is 4.74 Å². The lowest BCUT2D eigenvalue weighted by atomic mass is 9.96. The van der Waals surface area contributed by atoms with E-state index in [1.165, 1.54) is 0 Å². The molecule has 2 heteroatoms. The van der Waals surface area contributed by atoms with Crippen LogP contribution in [0, 0.1) is 0 Å². The minimum absolute atomic E-state index is 0.344. The molecule has 1 aliphatic rings. The highest BCUT2D eigenvalue weighted by atomic mass is 19.1. The normalized spacial score (nSPS) is 34.2. The van der Waals surface area contributed by atoms with E-state index in [1.54, 1.807) is 0 Å². The van der Waals surface area contributed by atoms with E-state index in [2.05, 4.69) is 0 Å². The van der Waals surface area contributed by atoms with Gasteiger partial charge in [-0.3, -0.25) is 0 Å². The summed E-state index contributed by atoms with van der Waals surface area (Å²) < 4.78 is 17.9. The average Bonchev–Trinajstić information content (AvgIpc) is 1.95. The van der Waals surface area contributed by atoms with Gasteiger partial charge in [-0.05, 0) is 32.6 Å². The average molecular weight is 146 g/mol. The molecule has 0 spiro atoms. The molecule has 0 N–H and O–H groups in total. The van der Waals surface area contributed by atoms with Crippen molar-refractivity contribution < 1.29 is 9.13 Å². The first-order valence-corrected chi connectivity index (χ1v) is 4.08. The fourth-order valence-corrected chi connectivity index (χ4v) is 1.42. The van der Waals surface area contributed by atoms with Gasteiger partial charge >= 0.3 is 0 Å². The number of hydrogen-bond donors (Lipinski definition) is 0. The molecule has 1 saturated carbocycles. The van der Waals surface area contributed by atoms with Gasteiger partial charge in [-0.1, -0.05) is 0 Å². The van der Waals surface area contributed by atoms with Crippen molar-refractivity contribution in [1.82, 2.24) is 0 Å². The molecule has 0 unspecified atom stereocenters. The molecule has 0 amide bonds. The highest BCUT2D eigenvalue weighted by Crippen LogP contribution is 2.22. The maximum Gasteiger partial charge on any atom is 0.100 e. The molecule has 0 atom stereocenters. The zero-order valence-electron chi connectivity index (χ0n) is 6.48. The van der Waals surface area contributed by atoms with Gasteiger partial charge in [0.2, 0.25) is 0 Å². The summed E-state index contributed by atoms with van der Waals surface area (Å²) in [6.45, 7) is 2.75. The minimum atomic E-state index is -0.559. The lowest BCUT2D eigenvalue weighted by molar-refractivity contribution is 0.0202. The number of ether oxygens (including phenoxy) is 1. The summed E-state index contributed by atoms with van der Waals surface area (Å²) in [6.07, 6.45) is 3.01. The van der Waals surface area contributed by atoms with Crippen LogP contribution in [0.15, 0.2) is 0 Å².